The molecule has 2 aliphatic heterocycles. The van der Waals surface area contributed by atoms with Gasteiger partial charge in [-0.1, -0.05) is 248 Å². The number of rotatable bonds is 7. The van der Waals surface area contributed by atoms with E-state index in [1.165, 1.54) is 138 Å². The Kier molecular flexibility index (Phi) is 11.5. The van der Waals surface area contributed by atoms with Crippen LogP contribution in [0.15, 0.2) is 279 Å². The van der Waals surface area contributed by atoms with Gasteiger partial charge in [-0.3, -0.25) is 0 Å². The average molecular weight is 1130 g/mol. The SMILES string of the molecule is CC(C)(C)c1cc2ccc3cc(C(C)(C)C)cc4c(-c5ccc6c(c5)B5c7cc(-c8ccccc8)ccc7N(c7ccc(-c8ccccc8)cc7)c7cc(-n8c9ccccc9c9ccccc98)cc(c75)N6c5ccc(-c6ccccc6)cc5)cc(c1)c2c34. The van der Waals surface area contributed by atoms with Gasteiger partial charge in [0.05, 0.1) is 16.7 Å². The lowest BCUT2D eigenvalue weighted by Crippen LogP contribution is -2.61. The Hall–Kier alpha value is -10.4. The third-order valence-corrected chi connectivity index (χ3v) is 19.2. The molecule has 0 radical (unpaired) electrons. The molecule has 15 aromatic rings. The summed E-state index contributed by atoms with van der Waals surface area (Å²) in [6.07, 6.45) is 0. The van der Waals surface area contributed by atoms with E-state index in [9.17, 15) is 0 Å². The van der Waals surface area contributed by atoms with Crippen LogP contribution in [-0.4, -0.2) is 11.3 Å². The van der Waals surface area contributed by atoms with E-state index < -0.39 is 0 Å². The lowest BCUT2D eigenvalue weighted by molar-refractivity contribution is 0.591. The molecule has 14 aromatic carbocycles. The van der Waals surface area contributed by atoms with Gasteiger partial charge in [-0.2, -0.15) is 0 Å². The predicted molar refractivity (Wildman–Crippen MR) is 378 cm³/mol. The van der Waals surface area contributed by atoms with Gasteiger partial charge in [0, 0.05) is 44.9 Å². The largest absolute Gasteiger partial charge is 0.311 e. The summed E-state index contributed by atoms with van der Waals surface area (Å²) in [6, 6.07) is 106. The smallest absolute Gasteiger partial charge is 0.252 e. The van der Waals surface area contributed by atoms with Gasteiger partial charge >= 0.3 is 0 Å². The average Bonchev–Trinajstić information content (AvgIpc) is 1.09. The number of hydrogen-bond acceptors (Lipinski definition) is 2. The normalized spacial score (nSPS) is 13.0. The Labute approximate surface area is 515 Å². The Morgan fingerprint density at radius 1 is 0.284 bits per heavy atom. The van der Waals surface area contributed by atoms with Gasteiger partial charge in [0.2, 0.25) is 0 Å². The van der Waals surface area contributed by atoms with Crippen LogP contribution in [0.1, 0.15) is 52.7 Å². The van der Waals surface area contributed by atoms with E-state index in [1.807, 2.05) is 0 Å². The second-order valence-electron chi connectivity index (χ2n) is 26.5. The van der Waals surface area contributed by atoms with Crippen LogP contribution in [0.25, 0.3) is 104 Å². The molecule has 0 saturated carbocycles. The monoisotopic (exact) mass is 1130 g/mol. The summed E-state index contributed by atoms with van der Waals surface area (Å²) in [4.78, 5) is 5.16. The lowest BCUT2D eigenvalue weighted by Gasteiger charge is -2.44. The van der Waals surface area contributed by atoms with Crippen LogP contribution in [0, 0.1) is 0 Å². The minimum Gasteiger partial charge on any atom is -0.311 e. The van der Waals surface area contributed by atoms with Gasteiger partial charge < -0.3 is 14.4 Å². The summed E-state index contributed by atoms with van der Waals surface area (Å²) in [5.74, 6) is 0. The Morgan fingerprint density at radius 3 is 1.20 bits per heavy atom. The number of nitrogens with zero attached hydrogens (tertiary/aromatic N) is 3. The van der Waals surface area contributed by atoms with Gasteiger partial charge in [-0.05, 0) is 188 Å². The molecule has 0 spiro atoms. The van der Waals surface area contributed by atoms with Crippen molar-refractivity contribution in [2.24, 2.45) is 0 Å². The van der Waals surface area contributed by atoms with E-state index in [0.717, 1.165) is 28.4 Å². The first-order chi connectivity index (χ1) is 42.9. The molecule has 3 nitrogen and oxygen atoms in total. The quantitative estimate of drug-likeness (QED) is 0.116. The Morgan fingerprint density at radius 2 is 0.693 bits per heavy atom. The first kappa shape index (κ1) is 52.0. The van der Waals surface area contributed by atoms with Crippen molar-refractivity contribution in [1.29, 1.82) is 0 Å². The minimum absolute atomic E-state index is 0.0318. The maximum absolute atomic E-state index is 2.59. The molecule has 2 aliphatic rings. The summed E-state index contributed by atoms with van der Waals surface area (Å²) in [6.45, 7) is 13.9. The van der Waals surface area contributed by atoms with Crippen LogP contribution in [0.3, 0.4) is 0 Å². The van der Waals surface area contributed by atoms with Crippen molar-refractivity contribution in [1.82, 2.24) is 4.57 Å². The number of benzene rings is 14. The van der Waals surface area contributed by atoms with Crippen molar-refractivity contribution >= 4 is 111 Å². The van der Waals surface area contributed by atoms with Crippen molar-refractivity contribution in [3.05, 3.63) is 290 Å². The third-order valence-electron chi connectivity index (χ3n) is 19.2. The molecule has 0 fully saturated rings. The second-order valence-corrected chi connectivity index (χ2v) is 26.5. The van der Waals surface area contributed by atoms with Crippen LogP contribution in [-0.2, 0) is 10.8 Å². The molecule has 0 unspecified atom stereocenters. The van der Waals surface area contributed by atoms with Gasteiger partial charge in [-0.25, -0.2) is 0 Å². The zero-order chi connectivity index (χ0) is 59.2. The summed E-state index contributed by atoms with van der Waals surface area (Å²) < 4.78 is 2.50. The van der Waals surface area contributed by atoms with Crippen LogP contribution in [0.2, 0.25) is 0 Å². The van der Waals surface area contributed by atoms with E-state index in [-0.39, 0.29) is 17.5 Å². The molecule has 0 N–H and O–H groups in total. The predicted octanol–water partition coefficient (Wildman–Crippen LogP) is 21.0. The number of anilines is 6. The molecule has 0 amide bonds. The van der Waals surface area contributed by atoms with E-state index in [0.29, 0.717) is 0 Å². The number of hydrogen-bond donors (Lipinski definition) is 0. The number of fused-ring (bicyclic) bond motifs is 7. The van der Waals surface area contributed by atoms with Gasteiger partial charge in [0.1, 0.15) is 0 Å². The van der Waals surface area contributed by atoms with Gasteiger partial charge in [-0.15, -0.1) is 0 Å². The Balaban J connectivity index is 0.991. The molecule has 4 heteroatoms. The lowest BCUT2D eigenvalue weighted by atomic mass is 9.33. The first-order valence-corrected chi connectivity index (χ1v) is 31.1. The molecule has 418 valence electrons. The summed E-state index contributed by atoms with van der Waals surface area (Å²) in [7, 11) is 0. The Bertz CT molecular complexity index is 5190. The molecule has 1 aromatic heterocycles. The first-order valence-electron chi connectivity index (χ1n) is 31.1. The van der Waals surface area contributed by atoms with Gasteiger partial charge in [0.25, 0.3) is 6.71 Å². The zero-order valence-corrected chi connectivity index (χ0v) is 50.5. The van der Waals surface area contributed by atoms with Crippen molar-refractivity contribution < 1.29 is 0 Å². The highest BCUT2D eigenvalue weighted by molar-refractivity contribution is 7.00. The maximum Gasteiger partial charge on any atom is 0.252 e. The van der Waals surface area contributed by atoms with Crippen LogP contribution in [0.5, 0.6) is 0 Å². The summed E-state index contributed by atoms with van der Waals surface area (Å²) >= 11 is 0. The van der Waals surface area contributed by atoms with Crippen LogP contribution in [0.4, 0.5) is 34.1 Å². The van der Waals surface area contributed by atoms with E-state index in [2.05, 4.69) is 335 Å². The van der Waals surface area contributed by atoms with Crippen molar-refractivity contribution in [3.63, 3.8) is 0 Å². The number of para-hydroxylation sites is 2. The molecule has 3 heterocycles. The van der Waals surface area contributed by atoms with Crippen LogP contribution >= 0.6 is 0 Å². The zero-order valence-electron chi connectivity index (χ0n) is 50.5. The van der Waals surface area contributed by atoms with E-state index >= 15 is 0 Å². The fourth-order valence-electron chi connectivity index (χ4n) is 14.7. The third kappa shape index (κ3) is 8.19. The summed E-state index contributed by atoms with van der Waals surface area (Å²) in [5.41, 5.74) is 26.3. The molecular weight excluding hydrogens is 1060 g/mol. The highest BCUT2D eigenvalue weighted by Gasteiger charge is 2.44. The van der Waals surface area contributed by atoms with Gasteiger partial charge in [0.15, 0.2) is 0 Å². The molecular formula is C84H64BN3. The fraction of sp³-hybridized carbons (Fsp3) is 0.0952. The molecule has 17 rings (SSSR count). The van der Waals surface area contributed by atoms with Crippen molar-refractivity contribution in [2.75, 3.05) is 9.80 Å². The standard InChI is InChI=1S/C84H64BN3/c1-83(2,3)63-44-60-30-31-61-45-64(84(4,5)6)50-71-70(47-62(46-63)80(60)81(61)71)59-37-43-77-73(49-59)85-72-48-58(55-24-14-9-15-25-55)36-42-76(72)86(65-38-32-56(33-39-65)53-20-10-7-11-21-53)78-51-67(88-74-28-18-16-26-68(74)69-27-17-19-29-75(69)88)52-79(82(78)85)87(77)66-40-34-57(35-41-66)54-22-12-8-13-23-54/h7-52H,1-6H3. The maximum atomic E-state index is 2.59. The van der Waals surface area contributed by atoms with Crippen LogP contribution < -0.4 is 26.2 Å². The second kappa shape index (κ2) is 19.6. The minimum atomic E-state index is -0.168. The van der Waals surface area contributed by atoms with Crippen molar-refractivity contribution in [3.8, 4) is 50.2 Å². The number of aromatic nitrogens is 1. The highest BCUT2D eigenvalue weighted by atomic mass is 15.2. The highest BCUT2D eigenvalue weighted by Crippen LogP contribution is 2.50. The molecule has 0 atom stereocenters. The fourth-order valence-corrected chi connectivity index (χ4v) is 14.7. The molecule has 0 saturated heterocycles. The topological polar surface area (TPSA) is 11.4 Å². The van der Waals surface area contributed by atoms with E-state index in [4.69, 9.17) is 0 Å². The molecule has 0 aliphatic carbocycles. The summed E-state index contributed by atoms with van der Waals surface area (Å²) in [5, 5.41) is 10.3. The molecule has 88 heavy (non-hydrogen) atoms. The van der Waals surface area contributed by atoms with E-state index in [1.54, 1.807) is 0 Å². The van der Waals surface area contributed by atoms with Crippen molar-refractivity contribution in [2.45, 2.75) is 52.4 Å². The molecule has 0 bridgehead atoms.